The van der Waals surface area contributed by atoms with E-state index >= 15 is 0 Å². The second-order valence-corrected chi connectivity index (χ2v) is 8.78. The maximum absolute atomic E-state index is 14.4. The van der Waals surface area contributed by atoms with E-state index in [1.54, 1.807) is 6.20 Å². The minimum Gasteiger partial charge on any atom is -0.370 e. The molecule has 1 spiro atoms. The molecule has 1 aromatic carbocycles. The summed E-state index contributed by atoms with van der Waals surface area (Å²) >= 11 is 0. The number of benzene rings is 1. The van der Waals surface area contributed by atoms with E-state index in [0.717, 1.165) is 31.6 Å². The van der Waals surface area contributed by atoms with E-state index in [-0.39, 0.29) is 23.7 Å². The van der Waals surface area contributed by atoms with Crippen LogP contribution in [0.25, 0.3) is 11.3 Å². The van der Waals surface area contributed by atoms with Crippen molar-refractivity contribution in [2.45, 2.75) is 25.2 Å². The molecule has 35 heavy (non-hydrogen) atoms. The van der Waals surface area contributed by atoms with Crippen molar-refractivity contribution in [3.05, 3.63) is 65.5 Å². The number of nitrogens with zero attached hydrogens (tertiary/aromatic N) is 3. The molecule has 10 heteroatoms. The number of carbonyl (C=O) groups is 1. The molecule has 3 aromatic rings. The number of ether oxygens (including phenoxy) is 2. The zero-order valence-corrected chi connectivity index (χ0v) is 18.8. The first kappa shape index (κ1) is 21.9. The minimum atomic E-state index is -0.722. The molecule has 3 aliphatic rings. The van der Waals surface area contributed by atoms with Crippen LogP contribution in [-0.4, -0.2) is 48.0 Å². The zero-order chi connectivity index (χ0) is 24.0. The van der Waals surface area contributed by atoms with Crippen LogP contribution in [0.15, 0.2) is 42.6 Å². The molecule has 1 amide bonds. The molecular weight excluding hydrogens is 456 g/mol. The summed E-state index contributed by atoms with van der Waals surface area (Å²) in [5, 5.41) is 5.85. The lowest BCUT2D eigenvalue weighted by Crippen LogP contribution is -2.45. The smallest absolute Gasteiger partial charge is 0.255 e. The number of hydrogen-bond acceptors (Lipinski definition) is 7. The second-order valence-electron chi connectivity index (χ2n) is 8.78. The standard InChI is InChI=1S/C25H23F2N5O3/c26-16-2-1-3-17(27)22(16)18-12-19(23-20(30-18)14-29-24(23)33)31-21-5-4-15(13-28-21)32-8-6-25(7-9-32)34-10-11-35-25/h1-5,12-13H,6-11,14H2,(H,29,33)(H,28,30,31). The Morgan fingerprint density at radius 3 is 2.46 bits per heavy atom. The van der Waals surface area contributed by atoms with Crippen LogP contribution in [0.5, 0.6) is 0 Å². The number of halogens is 2. The normalized spacial score (nSPS) is 18.6. The highest BCUT2D eigenvalue weighted by molar-refractivity contribution is 6.04. The number of amides is 1. The number of carbonyl (C=O) groups excluding carboxylic acids is 1. The van der Waals surface area contributed by atoms with Crippen molar-refractivity contribution < 1.29 is 23.0 Å². The van der Waals surface area contributed by atoms with Crippen molar-refractivity contribution in [1.29, 1.82) is 0 Å². The van der Waals surface area contributed by atoms with Gasteiger partial charge in [0.25, 0.3) is 5.91 Å². The summed E-state index contributed by atoms with van der Waals surface area (Å²) < 4.78 is 40.4. The highest BCUT2D eigenvalue weighted by Crippen LogP contribution is 2.35. The third-order valence-corrected chi connectivity index (χ3v) is 6.67. The monoisotopic (exact) mass is 479 g/mol. The number of fused-ring (bicyclic) bond motifs is 1. The quantitative estimate of drug-likeness (QED) is 0.589. The van der Waals surface area contributed by atoms with Crippen LogP contribution in [0.3, 0.4) is 0 Å². The SMILES string of the molecule is O=C1NCc2nc(-c3c(F)cccc3F)cc(Nc3ccc(N4CCC5(CC4)OCCO5)cn3)c21. The first-order valence-corrected chi connectivity index (χ1v) is 11.5. The molecule has 8 nitrogen and oxygen atoms in total. The fourth-order valence-electron chi connectivity index (χ4n) is 4.88. The van der Waals surface area contributed by atoms with Gasteiger partial charge in [0.2, 0.25) is 0 Å². The number of piperidine rings is 1. The van der Waals surface area contributed by atoms with Gasteiger partial charge < -0.3 is 25.0 Å². The summed E-state index contributed by atoms with van der Waals surface area (Å²) in [5.74, 6) is -1.69. The van der Waals surface area contributed by atoms with Crippen LogP contribution >= 0.6 is 0 Å². The Hall–Kier alpha value is -3.63. The van der Waals surface area contributed by atoms with Crippen LogP contribution in [0.4, 0.5) is 26.0 Å². The number of aromatic nitrogens is 2. The molecule has 0 atom stereocenters. The van der Waals surface area contributed by atoms with Gasteiger partial charge in [-0.15, -0.1) is 0 Å². The van der Waals surface area contributed by atoms with Crippen LogP contribution in [0, 0.1) is 11.6 Å². The van der Waals surface area contributed by atoms with Gasteiger partial charge in [-0.1, -0.05) is 6.07 Å². The molecule has 0 bridgehead atoms. The molecule has 2 saturated heterocycles. The molecule has 0 aliphatic carbocycles. The molecule has 2 fully saturated rings. The van der Waals surface area contributed by atoms with Gasteiger partial charge in [-0.2, -0.15) is 0 Å². The second kappa shape index (κ2) is 8.54. The van der Waals surface area contributed by atoms with Crippen molar-refractivity contribution in [2.24, 2.45) is 0 Å². The van der Waals surface area contributed by atoms with Crippen molar-refractivity contribution >= 4 is 23.1 Å². The first-order valence-electron chi connectivity index (χ1n) is 11.5. The minimum absolute atomic E-state index is 0.105. The van der Waals surface area contributed by atoms with Gasteiger partial charge in [-0.3, -0.25) is 4.79 Å². The Balaban J connectivity index is 1.26. The topological polar surface area (TPSA) is 88.6 Å². The summed E-state index contributed by atoms with van der Waals surface area (Å²) in [6.45, 7) is 3.06. The summed E-state index contributed by atoms with van der Waals surface area (Å²) in [6, 6.07) is 8.89. The fraction of sp³-hybridized carbons (Fsp3) is 0.320. The van der Waals surface area contributed by atoms with Gasteiger partial charge in [0.15, 0.2) is 5.79 Å². The molecular formula is C25H23F2N5O3. The largest absolute Gasteiger partial charge is 0.370 e. The molecule has 0 unspecified atom stereocenters. The van der Waals surface area contributed by atoms with Crippen molar-refractivity contribution in [2.75, 3.05) is 36.5 Å². The summed E-state index contributed by atoms with van der Waals surface area (Å²) in [7, 11) is 0. The lowest BCUT2D eigenvalue weighted by atomic mass is 10.0. The lowest BCUT2D eigenvalue weighted by Gasteiger charge is -2.38. The fourth-order valence-corrected chi connectivity index (χ4v) is 4.88. The highest BCUT2D eigenvalue weighted by atomic mass is 19.1. The number of anilines is 3. The maximum Gasteiger partial charge on any atom is 0.255 e. The summed E-state index contributed by atoms with van der Waals surface area (Å²) in [4.78, 5) is 23.5. The van der Waals surface area contributed by atoms with E-state index in [2.05, 4.69) is 25.5 Å². The van der Waals surface area contributed by atoms with Crippen molar-refractivity contribution in [3.63, 3.8) is 0 Å². The molecule has 5 heterocycles. The van der Waals surface area contributed by atoms with E-state index in [0.29, 0.717) is 36.0 Å². The molecule has 6 rings (SSSR count). The van der Waals surface area contributed by atoms with Crippen molar-refractivity contribution in [1.82, 2.24) is 15.3 Å². The predicted molar refractivity (Wildman–Crippen MR) is 124 cm³/mol. The van der Waals surface area contributed by atoms with Crippen LogP contribution in [-0.2, 0) is 16.0 Å². The van der Waals surface area contributed by atoms with Gasteiger partial charge in [-0.05, 0) is 30.3 Å². The van der Waals surface area contributed by atoms with Gasteiger partial charge in [-0.25, -0.2) is 18.7 Å². The number of nitrogens with one attached hydrogen (secondary N) is 2. The lowest BCUT2D eigenvalue weighted by molar-refractivity contribution is -0.169. The van der Waals surface area contributed by atoms with Gasteiger partial charge in [0.1, 0.15) is 17.5 Å². The molecule has 0 saturated carbocycles. The third kappa shape index (κ3) is 3.98. The van der Waals surface area contributed by atoms with Crippen LogP contribution in [0.2, 0.25) is 0 Å². The Kier molecular flexibility index (Phi) is 5.34. The zero-order valence-electron chi connectivity index (χ0n) is 18.8. The highest BCUT2D eigenvalue weighted by Gasteiger charge is 2.39. The van der Waals surface area contributed by atoms with Gasteiger partial charge in [0, 0.05) is 25.9 Å². The Labute approximate surface area is 200 Å². The van der Waals surface area contributed by atoms with Crippen LogP contribution < -0.4 is 15.5 Å². The number of pyridine rings is 2. The van der Waals surface area contributed by atoms with Crippen molar-refractivity contribution in [3.8, 4) is 11.3 Å². The molecule has 2 aromatic heterocycles. The molecule has 180 valence electrons. The maximum atomic E-state index is 14.4. The average molecular weight is 479 g/mol. The van der Waals surface area contributed by atoms with E-state index in [9.17, 15) is 13.6 Å². The Bertz CT molecular complexity index is 1260. The average Bonchev–Trinajstić information content (AvgIpc) is 3.47. The first-order chi connectivity index (χ1) is 17.0. The Morgan fingerprint density at radius 2 is 1.77 bits per heavy atom. The van der Waals surface area contributed by atoms with E-state index < -0.39 is 17.4 Å². The van der Waals surface area contributed by atoms with E-state index in [1.165, 1.54) is 24.3 Å². The number of hydrogen-bond donors (Lipinski definition) is 2. The predicted octanol–water partition coefficient (Wildman–Crippen LogP) is 3.75. The summed E-state index contributed by atoms with van der Waals surface area (Å²) in [5.41, 5.74) is 1.99. The number of rotatable bonds is 4. The molecule has 3 aliphatic heterocycles. The van der Waals surface area contributed by atoms with E-state index in [1.807, 2.05) is 12.1 Å². The molecule has 0 radical (unpaired) electrons. The van der Waals surface area contributed by atoms with Crippen LogP contribution in [0.1, 0.15) is 28.9 Å². The van der Waals surface area contributed by atoms with E-state index in [4.69, 9.17) is 9.47 Å². The molecule has 2 N–H and O–H groups in total. The van der Waals surface area contributed by atoms with Gasteiger partial charge in [0.05, 0.1) is 59.8 Å². The summed E-state index contributed by atoms with van der Waals surface area (Å²) in [6.07, 6.45) is 3.34. The third-order valence-electron chi connectivity index (χ3n) is 6.67. The van der Waals surface area contributed by atoms with Gasteiger partial charge >= 0.3 is 0 Å². The Morgan fingerprint density at radius 1 is 1.03 bits per heavy atom.